The van der Waals surface area contributed by atoms with Crippen molar-refractivity contribution in [2.75, 3.05) is 5.32 Å². The van der Waals surface area contributed by atoms with Crippen LogP contribution in [-0.4, -0.2) is 17.7 Å². The summed E-state index contributed by atoms with van der Waals surface area (Å²) in [5, 5.41) is 7.25. The van der Waals surface area contributed by atoms with Gasteiger partial charge in [-0.2, -0.15) is 0 Å². The van der Waals surface area contributed by atoms with Gasteiger partial charge in [-0.3, -0.25) is 0 Å². The van der Waals surface area contributed by atoms with Crippen LogP contribution in [0.5, 0.6) is 0 Å². The van der Waals surface area contributed by atoms with E-state index in [1.807, 2.05) is 36.4 Å². The predicted molar refractivity (Wildman–Crippen MR) is 164 cm³/mol. The maximum absolute atomic E-state index is 5.00. The van der Waals surface area contributed by atoms with Crippen LogP contribution >= 0.6 is 11.8 Å². The van der Waals surface area contributed by atoms with Gasteiger partial charge in [0, 0.05) is 32.7 Å². The maximum atomic E-state index is 5.00. The molecule has 0 fully saturated rings. The van der Waals surface area contributed by atoms with Crippen molar-refractivity contribution in [3.8, 4) is 0 Å². The van der Waals surface area contributed by atoms with Gasteiger partial charge in [-0.15, -0.1) is 0 Å². The van der Waals surface area contributed by atoms with Crippen LogP contribution in [0.3, 0.4) is 0 Å². The van der Waals surface area contributed by atoms with Crippen LogP contribution in [0.25, 0.3) is 0 Å². The van der Waals surface area contributed by atoms with E-state index in [0.29, 0.717) is 0 Å². The van der Waals surface area contributed by atoms with E-state index in [1.54, 1.807) is 11.8 Å². The van der Waals surface area contributed by atoms with Crippen molar-refractivity contribution in [3.63, 3.8) is 0 Å². The van der Waals surface area contributed by atoms with Gasteiger partial charge in [-0.1, -0.05) is 121 Å². The summed E-state index contributed by atoms with van der Waals surface area (Å²) in [6, 6.07) is 37.8. The summed E-state index contributed by atoms with van der Waals surface area (Å²) < 4.78 is 0. The van der Waals surface area contributed by atoms with Crippen LogP contribution in [0.4, 0.5) is 5.69 Å². The summed E-state index contributed by atoms with van der Waals surface area (Å²) in [6.07, 6.45) is 7.24. The molecule has 1 aliphatic carbocycles. The fourth-order valence-electron chi connectivity index (χ4n) is 4.68. The molecule has 6 rings (SSSR count). The third-order valence-electron chi connectivity index (χ3n) is 6.80. The molecule has 0 radical (unpaired) electrons. The Hall–Kier alpha value is -4.35. The van der Waals surface area contributed by atoms with E-state index >= 15 is 0 Å². The van der Waals surface area contributed by atoms with E-state index in [2.05, 4.69) is 109 Å². The SMILES string of the molecule is Cc1ccccc1Sc1ccccc1NC1C=CC(C2=NC(c3ccccc3)N=C(c3ccccc3)N2)=CC1. The molecule has 5 heteroatoms. The molecule has 192 valence electrons. The first-order valence-corrected chi connectivity index (χ1v) is 14.1. The summed E-state index contributed by atoms with van der Waals surface area (Å²) in [4.78, 5) is 12.4. The van der Waals surface area contributed by atoms with E-state index in [1.165, 1.54) is 15.4 Å². The fraction of sp³-hybridized carbons (Fsp3) is 0.118. The number of benzene rings is 4. The zero-order valence-corrected chi connectivity index (χ0v) is 22.6. The molecule has 0 spiro atoms. The number of aryl methyl sites for hydroxylation is 1. The largest absolute Gasteiger partial charge is 0.378 e. The number of hydrogen-bond acceptors (Lipinski definition) is 5. The van der Waals surface area contributed by atoms with Crippen LogP contribution in [0.15, 0.2) is 153 Å². The second kappa shape index (κ2) is 11.6. The maximum Gasteiger partial charge on any atom is 0.169 e. The molecule has 0 aromatic heterocycles. The second-order valence-electron chi connectivity index (χ2n) is 9.60. The zero-order valence-electron chi connectivity index (χ0n) is 21.8. The highest BCUT2D eigenvalue weighted by Crippen LogP contribution is 2.36. The number of nitrogens with one attached hydrogen (secondary N) is 2. The smallest absolute Gasteiger partial charge is 0.169 e. The molecule has 0 saturated carbocycles. The van der Waals surface area contributed by atoms with Gasteiger partial charge >= 0.3 is 0 Å². The number of rotatable bonds is 7. The first-order chi connectivity index (χ1) is 19.2. The average Bonchev–Trinajstić information content (AvgIpc) is 3.00. The molecular formula is C34H30N4S. The van der Waals surface area contributed by atoms with E-state index in [-0.39, 0.29) is 12.2 Å². The molecule has 2 unspecified atom stereocenters. The van der Waals surface area contributed by atoms with Crippen molar-refractivity contribution in [2.45, 2.75) is 35.3 Å². The first-order valence-electron chi connectivity index (χ1n) is 13.2. The summed E-state index contributed by atoms with van der Waals surface area (Å²) in [7, 11) is 0. The number of aliphatic imine (C=N–C) groups is 2. The molecule has 4 aromatic carbocycles. The number of nitrogens with zero attached hydrogens (tertiary/aromatic N) is 2. The van der Waals surface area contributed by atoms with E-state index in [4.69, 9.17) is 9.98 Å². The van der Waals surface area contributed by atoms with Gasteiger partial charge in [0.2, 0.25) is 0 Å². The van der Waals surface area contributed by atoms with Gasteiger partial charge in [0.25, 0.3) is 0 Å². The molecule has 4 aromatic rings. The van der Waals surface area contributed by atoms with Crippen LogP contribution in [0.2, 0.25) is 0 Å². The minimum Gasteiger partial charge on any atom is -0.378 e. The Balaban J connectivity index is 1.20. The highest BCUT2D eigenvalue weighted by molar-refractivity contribution is 7.99. The Morgan fingerprint density at radius 1 is 0.744 bits per heavy atom. The molecule has 0 saturated heterocycles. The Morgan fingerprint density at radius 3 is 2.15 bits per heavy atom. The van der Waals surface area contributed by atoms with Gasteiger partial charge in [0.15, 0.2) is 6.17 Å². The Kier molecular flexibility index (Phi) is 7.41. The monoisotopic (exact) mass is 526 g/mol. The minimum absolute atomic E-state index is 0.198. The highest BCUT2D eigenvalue weighted by Gasteiger charge is 2.22. The second-order valence-corrected chi connectivity index (χ2v) is 10.7. The highest BCUT2D eigenvalue weighted by atomic mass is 32.2. The lowest BCUT2D eigenvalue weighted by molar-refractivity contribution is 0.754. The van der Waals surface area contributed by atoms with Crippen molar-refractivity contribution in [1.29, 1.82) is 0 Å². The molecular weight excluding hydrogens is 496 g/mol. The number of para-hydroxylation sites is 1. The van der Waals surface area contributed by atoms with Crippen LogP contribution in [0, 0.1) is 6.92 Å². The van der Waals surface area contributed by atoms with Crippen LogP contribution < -0.4 is 10.6 Å². The molecule has 2 N–H and O–H groups in total. The van der Waals surface area contributed by atoms with Gasteiger partial charge < -0.3 is 10.6 Å². The zero-order chi connectivity index (χ0) is 26.4. The van der Waals surface area contributed by atoms with Gasteiger partial charge in [0.1, 0.15) is 11.7 Å². The number of amidine groups is 2. The molecule has 0 amide bonds. The van der Waals surface area contributed by atoms with Gasteiger partial charge in [-0.05, 0) is 42.7 Å². The Labute approximate surface area is 234 Å². The molecule has 2 aliphatic rings. The fourth-order valence-corrected chi connectivity index (χ4v) is 5.68. The van der Waals surface area contributed by atoms with E-state index < -0.39 is 0 Å². The van der Waals surface area contributed by atoms with Crippen molar-refractivity contribution in [1.82, 2.24) is 5.32 Å². The number of anilines is 1. The average molecular weight is 527 g/mol. The standard InChI is InChI=1S/C34H30N4S/c1-24-12-8-10-18-30(24)39-31-19-11-9-17-29(31)35-28-22-20-27(21-23-28)34-37-32(25-13-4-2-5-14-25)36-33(38-34)26-15-6-3-7-16-26/h2-22,28,32,35H,23H2,1H3,(H,36,37,38). The molecule has 1 aliphatic heterocycles. The Bertz CT molecular complexity index is 1570. The number of hydrogen-bond donors (Lipinski definition) is 2. The van der Waals surface area contributed by atoms with Crippen LogP contribution in [0.1, 0.15) is 29.3 Å². The normalized spacial score (nSPS) is 18.4. The third kappa shape index (κ3) is 5.89. The van der Waals surface area contributed by atoms with Gasteiger partial charge in [0.05, 0.1) is 0 Å². The van der Waals surface area contributed by atoms with Crippen LogP contribution in [-0.2, 0) is 0 Å². The molecule has 0 bridgehead atoms. The summed E-state index contributed by atoms with van der Waals surface area (Å²) in [5.74, 6) is 1.69. The minimum atomic E-state index is -0.284. The lowest BCUT2D eigenvalue weighted by Gasteiger charge is -2.25. The molecule has 2 atom stereocenters. The first kappa shape index (κ1) is 25.0. The summed E-state index contributed by atoms with van der Waals surface area (Å²) in [6.45, 7) is 2.16. The molecule has 39 heavy (non-hydrogen) atoms. The van der Waals surface area contributed by atoms with Gasteiger partial charge in [-0.25, -0.2) is 9.98 Å². The predicted octanol–water partition coefficient (Wildman–Crippen LogP) is 7.96. The summed E-state index contributed by atoms with van der Waals surface area (Å²) >= 11 is 1.80. The van der Waals surface area contributed by atoms with E-state index in [9.17, 15) is 0 Å². The molecule has 1 heterocycles. The lowest BCUT2D eigenvalue weighted by Crippen LogP contribution is -2.36. The quantitative estimate of drug-likeness (QED) is 0.257. The van der Waals surface area contributed by atoms with Crippen molar-refractivity contribution >= 4 is 29.1 Å². The molecule has 4 nitrogen and oxygen atoms in total. The summed E-state index contributed by atoms with van der Waals surface area (Å²) in [5.41, 5.74) is 5.64. The van der Waals surface area contributed by atoms with Crippen molar-refractivity contribution < 1.29 is 0 Å². The Morgan fingerprint density at radius 2 is 1.41 bits per heavy atom. The lowest BCUT2D eigenvalue weighted by atomic mass is 10.0. The van der Waals surface area contributed by atoms with Crippen molar-refractivity contribution in [3.05, 3.63) is 150 Å². The third-order valence-corrected chi connectivity index (χ3v) is 8.05. The topological polar surface area (TPSA) is 48.8 Å². The van der Waals surface area contributed by atoms with E-state index in [0.717, 1.165) is 40.5 Å². The van der Waals surface area contributed by atoms with Crippen molar-refractivity contribution in [2.24, 2.45) is 9.98 Å².